The molecule has 1 rings (SSSR count). The molecule has 0 atom stereocenters. The zero-order chi connectivity index (χ0) is 10.6. The zero-order valence-corrected chi connectivity index (χ0v) is 7.65. The Morgan fingerprint density at radius 1 is 1.50 bits per heavy atom. The van der Waals surface area contributed by atoms with Crippen LogP contribution >= 0.6 is 0 Å². The van der Waals surface area contributed by atoms with Crippen molar-refractivity contribution in [2.75, 3.05) is 0 Å². The van der Waals surface area contributed by atoms with Gasteiger partial charge in [-0.15, -0.1) is 0 Å². The van der Waals surface area contributed by atoms with Gasteiger partial charge in [0.25, 0.3) is 0 Å². The highest BCUT2D eigenvalue weighted by atomic mass is 16.4. The van der Waals surface area contributed by atoms with Gasteiger partial charge < -0.3 is 10.4 Å². The summed E-state index contributed by atoms with van der Waals surface area (Å²) >= 11 is 0. The topological polar surface area (TPSA) is 79.3 Å². The van der Waals surface area contributed by atoms with Crippen molar-refractivity contribution in [3.63, 3.8) is 0 Å². The van der Waals surface area contributed by atoms with E-state index in [2.05, 4.69) is 10.3 Å². The highest BCUT2D eigenvalue weighted by Gasteiger charge is 2.04. The number of nitrogens with zero attached hydrogens (tertiary/aromatic N) is 1. The Kier molecular flexibility index (Phi) is 3.17. The van der Waals surface area contributed by atoms with E-state index in [0.29, 0.717) is 5.69 Å². The van der Waals surface area contributed by atoms with E-state index in [1.54, 1.807) is 12.1 Å². The molecule has 0 saturated heterocycles. The SMILES string of the molecule is CC(=O)NCc1cccc(C(=O)O)n1. The average molecular weight is 194 g/mol. The van der Waals surface area contributed by atoms with Crippen LogP contribution in [0.15, 0.2) is 18.2 Å². The van der Waals surface area contributed by atoms with E-state index in [0.717, 1.165) is 0 Å². The van der Waals surface area contributed by atoms with Crippen molar-refractivity contribution in [1.29, 1.82) is 0 Å². The molecule has 0 spiro atoms. The molecule has 2 N–H and O–H groups in total. The van der Waals surface area contributed by atoms with Gasteiger partial charge in [0, 0.05) is 6.92 Å². The predicted molar refractivity (Wildman–Crippen MR) is 48.7 cm³/mol. The Hall–Kier alpha value is -1.91. The molecule has 5 nitrogen and oxygen atoms in total. The van der Waals surface area contributed by atoms with E-state index < -0.39 is 5.97 Å². The van der Waals surface area contributed by atoms with Crippen LogP contribution in [0, 0.1) is 0 Å². The van der Waals surface area contributed by atoms with E-state index in [1.807, 2.05) is 0 Å². The fraction of sp³-hybridized carbons (Fsp3) is 0.222. The molecule has 0 fully saturated rings. The molecule has 0 aliphatic rings. The summed E-state index contributed by atoms with van der Waals surface area (Å²) in [6.07, 6.45) is 0. The first kappa shape index (κ1) is 10.2. The summed E-state index contributed by atoms with van der Waals surface area (Å²) in [4.78, 5) is 25.0. The molecule has 0 unspecified atom stereocenters. The van der Waals surface area contributed by atoms with Gasteiger partial charge >= 0.3 is 5.97 Å². The minimum atomic E-state index is -1.07. The molecule has 0 aliphatic carbocycles. The van der Waals surface area contributed by atoms with Crippen LogP contribution in [-0.2, 0) is 11.3 Å². The maximum absolute atomic E-state index is 10.6. The van der Waals surface area contributed by atoms with Gasteiger partial charge in [-0.05, 0) is 12.1 Å². The van der Waals surface area contributed by atoms with Crippen LogP contribution in [0.3, 0.4) is 0 Å². The van der Waals surface area contributed by atoms with Gasteiger partial charge in [0.15, 0.2) is 0 Å². The molecule has 5 heteroatoms. The smallest absolute Gasteiger partial charge is 0.354 e. The monoisotopic (exact) mass is 194 g/mol. The van der Waals surface area contributed by atoms with Crippen LogP contribution in [0.5, 0.6) is 0 Å². The van der Waals surface area contributed by atoms with Crippen LogP contribution in [0.2, 0.25) is 0 Å². The minimum Gasteiger partial charge on any atom is -0.477 e. The Morgan fingerprint density at radius 3 is 2.79 bits per heavy atom. The molecule has 1 heterocycles. The summed E-state index contributed by atoms with van der Waals surface area (Å²) in [5.74, 6) is -1.25. The summed E-state index contributed by atoms with van der Waals surface area (Å²) in [5.41, 5.74) is 0.507. The molecule has 74 valence electrons. The molecule has 0 aliphatic heterocycles. The summed E-state index contributed by atoms with van der Waals surface area (Å²) in [6, 6.07) is 4.65. The van der Waals surface area contributed by atoms with E-state index in [4.69, 9.17) is 5.11 Å². The normalized spacial score (nSPS) is 9.50. The first-order valence-electron chi connectivity index (χ1n) is 4.03. The number of rotatable bonds is 3. The van der Waals surface area contributed by atoms with E-state index >= 15 is 0 Å². The van der Waals surface area contributed by atoms with Crippen molar-refractivity contribution >= 4 is 11.9 Å². The fourth-order valence-electron chi connectivity index (χ4n) is 0.912. The van der Waals surface area contributed by atoms with E-state index in [1.165, 1.54) is 13.0 Å². The van der Waals surface area contributed by atoms with Crippen LogP contribution in [-0.4, -0.2) is 22.0 Å². The zero-order valence-electron chi connectivity index (χ0n) is 7.65. The standard InChI is InChI=1S/C9H10N2O3/c1-6(12)10-5-7-3-2-4-8(11-7)9(13)14/h2-4H,5H2,1H3,(H,10,12)(H,13,14). The van der Waals surface area contributed by atoms with Crippen LogP contribution < -0.4 is 5.32 Å². The third-order valence-electron chi connectivity index (χ3n) is 1.54. The number of amides is 1. The fourth-order valence-corrected chi connectivity index (χ4v) is 0.912. The van der Waals surface area contributed by atoms with Gasteiger partial charge in [-0.25, -0.2) is 9.78 Å². The van der Waals surface area contributed by atoms with Crippen molar-refractivity contribution in [3.05, 3.63) is 29.6 Å². The first-order valence-corrected chi connectivity index (χ1v) is 4.03. The molecule has 0 radical (unpaired) electrons. The lowest BCUT2D eigenvalue weighted by atomic mass is 10.3. The third kappa shape index (κ3) is 2.85. The number of nitrogens with one attached hydrogen (secondary N) is 1. The number of pyridine rings is 1. The van der Waals surface area contributed by atoms with E-state index in [-0.39, 0.29) is 18.1 Å². The predicted octanol–water partition coefficient (Wildman–Crippen LogP) is 0.416. The highest BCUT2D eigenvalue weighted by molar-refractivity contribution is 5.85. The molecule has 14 heavy (non-hydrogen) atoms. The van der Waals surface area contributed by atoms with Crippen molar-refractivity contribution in [2.24, 2.45) is 0 Å². The number of carbonyl (C=O) groups excluding carboxylic acids is 1. The molecule has 0 saturated carbocycles. The number of carboxylic acid groups (broad SMARTS) is 1. The Balaban J connectivity index is 2.73. The van der Waals surface area contributed by atoms with Crippen molar-refractivity contribution in [3.8, 4) is 0 Å². The molecular formula is C9H10N2O3. The average Bonchev–Trinajstić information content (AvgIpc) is 2.15. The lowest BCUT2D eigenvalue weighted by Gasteiger charge is -2.01. The van der Waals surface area contributed by atoms with Crippen LogP contribution in [0.25, 0.3) is 0 Å². The maximum Gasteiger partial charge on any atom is 0.354 e. The summed E-state index contributed by atoms with van der Waals surface area (Å²) < 4.78 is 0. The van der Waals surface area contributed by atoms with Gasteiger partial charge in [-0.3, -0.25) is 4.79 Å². The second-order valence-corrected chi connectivity index (χ2v) is 2.73. The van der Waals surface area contributed by atoms with Crippen molar-refractivity contribution < 1.29 is 14.7 Å². The Bertz CT molecular complexity index is 363. The molecular weight excluding hydrogens is 184 g/mol. The van der Waals surface area contributed by atoms with Crippen molar-refractivity contribution in [1.82, 2.24) is 10.3 Å². The molecule has 0 aromatic carbocycles. The van der Waals surface area contributed by atoms with Crippen LogP contribution in [0.4, 0.5) is 0 Å². The number of carbonyl (C=O) groups is 2. The Labute approximate surface area is 80.8 Å². The van der Waals surface area contributed by atoms with Gasteiger partial charge in [0.1, 0.15) is 5.69 Å². The number of aromatic nitrogens is 1. The number of hydrogen-bond donors (Lipinski definition) is 2. The highest BCUT2D eigenvalue weighted by Crippen LogP contribution is 1.99. The molecule has 1 aromatic rings. The molecule has 1 aromatic heterocycles. The lowest BCUT2D eigenvalue weighted by Crippen LogP contribution is -2.20. The lowest BCUT2D eigenvalue weighted by molar-refractivity contribution is -0.119. The van der Waals surface area contributed by atoms with E-state index in [9.17, 15) is 9.59 Å². The van der Waals surface area contributed by atoms with Crippen LogP contribution in [0.1, 0.15) is 23.1 Å². The number of hydrogen-bond acceptors (Lipinski definition) is 3. The summed E-state index contributed by atoms with van der Waals surface area (Å²) in [7, 11) is 0. The van der Waals surface area contributed by atoms with Gasteiger partial charge in [0.05, 0.1) is 12.2 Å². The largest absolute Gasteiger partial charge is 0.477 e. The quantitative estimate of drug-likeness (QED) is 0.730. The van der Waals surface area contributed by atoms with Gasteiger partial charge in [0.2, 0.25) is 5.91 Å². The second kappa shape index (κ2) is 4.36. The maximum atomic E-state index is 10.6. The molecule has 1 amide bonds. The summed E-state index contributed by atoms with van der Waals surface area (Å²) in [6.45, 7) is 1.64. The van der Waals surface area contributed by atoms with Gasteiger partial charge in [-0.2, -0.15) is 0 Å². The first-order chi connectivity index (χ1) is 6.59. The molecule has 0 bridgehead atoms. The van der Waals surface area contributed by atoms with Crippen molar-refractivity contribution in [2.45, 2.75) is 13.5 Å². The number of aromatic carboxylic acids is 1. The summed E-state index contributed by atoms with van der Waals surface area (Å²) in [5, 5.41) is 11.2. The number of carboxylic acids is 1. The third-order valence-corrected chi connectivity index (χ3v) is 1.54. The van der Waals surface area contributed by atoms with Gasteiger partial charge in [-0.1, -0.05) is 6.07 Å². The Morgan fingerprint density at radius 2 is 2.21 bits per heavy atom. The minimum absolute atomic E-state index is 0.0205. The second-order valence-electron chi connectivity index (χ2n) is 2.73.